The van der Waals surface area contributed by atoms with Gasteiger partial charge in [0.1, 0.15) is 0 Å². The summed E-state index contributed by atoms with van der Waals surface area (Å²) in [7, 11) is 0. The summed E-state index contributed by atoms with van der Waals surface area (Å²) in [5.74, 6) is -1.36. The van der Waals surface area contributed by atoms with E-state index in [1.165, 1.54) is 0 Å². The Morgan fingerprint density at radius 2 is 1.40 bits per heavy atom. The van der Waals surface area contributed by atoms with Crippen LogP contribution < -0.4 is 0 Å². The van der Waals surface area contributed by atoms with E-state index in [1.807, 2.05) is 31.7 Å². The molecule has 0 amide bonds. The molecule has 0 bridgehead atoms. The summed E-state index contributed by atoms with van der Waals surface area (Å²) in [6.45, 7) is 6.20. The van der Waals surface area contributed by atoms with Gasteiger partial charge in [0.25, 0.3) is 0 Å². The molecule has 2 rings (SSSR count). The number of hydrogen-bond acceptors (Lipinski definition) is 2. The molecule has 1 heterocycles. The number of benzene rings is 1. The third kappa shape index (κ3) is 4.27. The highest BCUT2D eigenvalue weighted by Crippen LogP contribution is 2.41. The van der Waals surface area contributed by atoms with Crippen molar-refractivity contribution in [3.63, 3.8) is 0 Å². The standard InChI is InChI=1S/C17H18F6N2/c1-15(2,3)25-8-11(7-24)14(9-25)10-4-12(16(18,19)20)6-13(5-10)17(21,22)23/h4-6,11,14H,8-9H2,1-3H3/t11-,14+/m0/s1. The van der Waals surface area contributed by atoms with Crippen LogP contribution in [0.25, 0.3) is 0 Å². The number of rotatable bonds is 1. The molecule has 1 aromatic carbocycles. The van der Waals surface area contributed by atoms with Crippen LogP contribution in [-0.4, -0.2) is 23.5 Å². The summed E-state index contributed by atoms with van der Waals surface area (Å²) in [6.07, 6.45) is -9.78. The molecule has 1 aliphatic heterocycles. The number of nitrogens with zero attached hydrogens (tertiary/aromatic N) is 2. The first-order chi connectivity index (χ1) is 11.2. The third-order valence-electron chi connectivity index (χ3n) is 4.47. The van der Waals surface area contributed by atoms with Gasteiger partial charge in [0.2, 0.25) is 0 Å². The Morgan fingerprint density at radius 3 is 1.76 bits per heavy atom. The third-order valence-corrected chi connectivity index (χ3v) is 4.47. The van der Waals surface area contributed by atoms with Gasteiger partial charge in [0, 0.05) is 24.5 Å². The molecule has 1 saturated heterocycles. The predicted molar refractivity (Wildman–Crippen MR) is 79.6 cm³/mol. The van der Waals surface area contributed by atoms with Crippen LogP contribution in [0.15, 0.2) is 18.2 Å². The lowest BCUT2D eigenvalue weighted by Gasteiger charge is -2.31. The molecule has 8 heteroatoms. The molecule has 2 atom stereocenters. The van der Waals surface area contributed by atoms with Crippen LogP contribution in [0, 0.1) is 17.2 Å². The lowest BCUT2D eigenvalue weighted by Crippen LogP contribution is -2.39. The fraction of sp³-hybridized carbons (Fsp3) is 0.588. The Labute approximate surface area is 142 Å². The Kier molecular flexibility index (Phi) is 4.86. The second-order valence-corrected chi connectivity index (χ2v) is 7.26. The largest absolute Gasteiger partial charge is 0.416 e. The first kappa shape index (κ1) is 19.6. The Hall–Kier alpha value is -1.75. The number of nitriles is 1. The van der Waals surface area contributed by atoms with Gasteiger partial charge in [0.05, 0.1) is 23.1 Å². The zero-order valence-electron chi connectivity index (χ0n) is 14.0. The highest BCUT2D eigenvalue weighted by Gasteiger charge is 2.42. The van der Waals surface area contributed by atoms with Gasteiger partial charge in [-0.25, -0.2) is 0 Å². The van der Waals surface area contributed by atoms with Crippen LogP contribution in [-0.2, 0) is 12.4 Å². The maximum atomic E-state index is 13.0. The maximum Gasteiger partial charge on any atom is 0.416 e. The normalized spacial score (nSPS) is 22.9. The van der Waals surface area contributed by atoms with Crippen molar-refractivity contribution < 1.29 is 26.3 Å². The van der Waals surface area contributed by atoms with Crippen molar-refractivity contribution in [3.8, 4) is 6.07 Å². The summed E-state index contributed by atoms with van der Waals surface area (Å²) in [6, 6.07) is 3.60. The van der Waals surface area contributed by atoms with Crippen LogP contribution in [0.1, 0.15) is 43.4 Å². The van der Waals surface area contributed by atoms with Crippen molar-refractivity contribution in [2.24, 2.45) is 5.92 Å². The molecule has 0 unspecified atom stereocenters. The molecule has 0 N–H and O–H groups in total. The van der Waals surface area contributed by atoms with Crippen LogP contribution >= 0.6 is 0 Å². The van der Waals surface area contributed by atoms with E-state index in [0.717, 1.165) is 12.1 Å². The van der Waals surface area contributed by atoms with Crippen molar-refractivity contribution in [1.29, 1.82) is 5.26 Å². The molecule has 0 spiro atoms. The highest BCUT2D eigenvalue weighted by atomic mass is 19.4. The van der Waals surface area contributed by atoms with Gasteiger partial charge in [-0.2, -0.15) is 31.6 Å². The molecular formula is C17H18F6N2. The molecule has 1 aliphatic rings. The van der Waals surface area contributed by atoms with Gasteiger partial charge < -0.3 is 0 Å². The maximum absolute atomic E-state index is 13.0. The molecular weight excluding hydrogens is 346 g/mol. The smallest absolute Gasteiger partial charge is 0.297 e. The molecule has 138 valence electrons. The molecule has 0 saturated carbocycles. The Balaban J connectivity index is 2.52. The van der Waals surface area contributed by atoms with E-state index in [9.17, 15) is 31.6 Å². The van der Waals surface area contributed by atoms with E-state index in [1.54, 1.807) is 0 Å². The lowest BCUT2D eigenvalue weighted by molar-refractivity contribution is -0.143. The van der Waals surface area contributed by atoms with Crippen molar-refractivity contribution >= 4 is 0 Å². The molecule has 0 aliphatic carbocycles. The topological polar surface area (TPSA) is 27.0 Å². The summed E-state index contributed by atoms with van der Waals surface area (Å²) in [5.41, 5.74) is -3.12. The summed E-state index contributed by atoms with van der Waals surface area (Å²) in [4.78, 5) is 1.90. The molecule has 1 aromatic rings. The van der Waals surface area contributed by atoms with Gasteiger partial charge in [-0.05, 0) is 44.5 Å². The number of likely N-dealkylation sites (tertiary alicyclic amines) is 1. The van der Waals surface area contributed by atoms with Crippen LogP contribution in [0.3, 0.4) is 0 Å². The van der Waals surface area contributed by atoms with E-state index in [4.69, 9.17) is 0 Å². The summed E-state index contributed by atoms with van der Waals surface area (Å²) < 4.78 is 78.2. The highest BCUT2D eigenvalue weighted by molar-refractivity contribution is 5.37. The van der Waals surface area contributed by atoms with E-state index in [2.05, 4.69) is 0 Å². The SMILES string of the molecule is CC(C)(C)N1C[C@H](c2cc(C(F)(F)F)cc(C(F)(F)F)c2)[C@@H](C#N)C1. The number of halogens is 6. The van der Waals surface area contributed by atoms with Gasteiger partial charge in [0.15, 0.2) is 0 Å². The van der Waals surface area contributed by atoms with Crippen LogP contribution in [0.5, 0.6) is 0 Å². The van der Waals surface area contributed by atoms with Gasteiger partial charge in [-0.15, -0.1) is 0 Å². The number of alkyl halides is 6. The molecule has 2 nitrogen and oxygen atoms in total. The minimum absolute atomic E-state index is 0.0968. The fourth-order valence-electron chi connectivity index (χ4n) is 3.01. The quantitative estimate of drug-likeness (QED) is 0.651. The van der Waals surface area contributed by atoms with Crippen molar-refractivity contribution in [2.45, 2.75) is 44.6 Å². The minimum atomic E-state index is -4.89. The average Bonchev–Trinajstić information content (AvgIpc) is 2.89. The first-order valence-electron chi connectivity index (χ1n) is 7.67. The van der Waals surface area contributed by atoms with Crippen LogP contribution in [0.4, 0.5) is 26.3 Å². The molecule has 0 aromatic heterocycles. The second kappa shape index (κ2) is 6.20. The molecule has 0 radical (unpaired) electrons. The van der Waals surface area contributed by atoms with E-state index in [-0.39, 0.29) is 23.7 Å². The van der Waals surface area contributed by atoms with E-state index < -0.39 is 35.3 Å². The Bertz CT molecular complexity index is 646. The van der Waals surface area contributed by atoms with E-state index in [0.29, 0.717) is 6.54 Å². The zero-order chi connectivity index (χ0) is 19.2. The fourth-order valence-corrected chi connectivity index (χ4v) is 3.01. The molecule has 1 fully saturated rings. The molecule has 25 heavy (non-hydrogen) atoms. The average molecular weight is 364 g/mol. The first-order valence-corrected chi connectivity index (χ1v) is 7.67. The van der Waals surface area contributed by atoms with Gasteiger partial charge in [-0.3, -0.25) is 4.90 Å². The van der Waals surface area contributed by atoms with Gasteiger partial charge in [-0.1, -0.05) is 0 Å². The van der Waals surface area contributed by atoms with Crippen molar-refractivity contribution in [1.82, 2.24) is 4.90 Å². The summed E-state index contributed by atoms with van der Waals surface area (Å²) >= 11 is 0. The Morgan fingerprint density at radius 1 is 0.920 bits per heavy atom. The zero-order valence-corrected chi connectivity index (χ0v) is 14.0. The predicted octanol–water partition coefficient (Wildman–Crippen LogP) is 5.06. The monoisotopic (exact) mass is 364 g/mol. The van der Waals surface area contributed by atoms with Crippen LogP contribution in [0.2, 0.25) is 0 Å². The van der Waals surface area contributed by atoms with Crippen molar-refractivity contribution in [2.75, 3.05) is 13.1 Å². The second-order valence-electron chi connectivity index (χ2n) is 7.26. The van der Waals surface area contributed by atoms with Crippen molar-refractivity contribution in [3.05, 3.63) is 34.9 Å². The van der Waals surface area contributed by atoms with Gasteiger partial charge >= 0.3 is 12.4 Å². The minimum Gasteiger partial charge on any atom is -0.297 e. The summed E-state index contributed by atoms with van der Waals surface area (Å²) in [5, 5.41) is 9.32. The van der Waals surface area contributed by atoms with E-state index >= 15 is 0 Å². The number of hydrogen-bond donors (Lipinski definition) is 0. The lowest BCUT2D eigenvalue weighted by atomic mass is 9.87.